The minimum absolute atomic E-state index is 0.174. The average molecular weight is 246 g/mol. The van der Waals surface area contributed by atoms with Crippen molar-refractivity contribution in [2.45, 2.75) is 50.6 Å². The lowest BCUT2D eigenvalue weighted by Gasteiger charge is -2.28. The van der Waals surface area contributed by atoms with Gasteiger partial charge in [-0.15, -0.1) is 0 Å². The third-order valence-corrected chi connectivity index (χ3v) is 5.24. The van der Waals surface area contributed by atoms with Crippen LogP contribution in [0.25, 0.3) is 0 Å². The number of hydrogen-bond acceptors (Lipinski definition) is 3. The molecule has 94 valence electrons. The smallest absolute Gasteiger partial charge is 0.212 e. The molecule has 2 aliphatic rings. The summed E-state index contributed by atoms with van der Waals surface area (Å²) in [5, 5.41) is 3.25. The Morgan fingerprint density at radius 1 is 1.00 bits per heavy atom. The van der Waals surface area contributed by atoms with E-state index in [-0.39, 0.29) is 6.04 Å². The van der Waals surface area contributed by atoms with E-state index in [1.54, 1.807) is 0 Å². The first-order valence-corrected chi connectivity index (χ1v) is 7.91. The Balaban J connectivity index is 1.76. The predicted octanol–water partition coefficient (Wildman–Crippen LogP) is 0.846. The van der Waals surface area contributed by atoms with Crippen molar-refractivity contribution in [3.63, 3.8) is 0 Å². The van der Waals surface area contributed by atoms with Crippen LogP contribution in [-0.2, 0) is 10.0 Å². The Bertz CT molecular complexity index is 317. The SMILES string of the molecule is CNC1CCC(NS(=O)(=O)CC2CC2)CC1. The molecule has 2 rings (SSSR count). The highest BCUT2D eigenvalue weighted by Gasteiger charge is 2.30. The first-order chi connectivity index (χ1) is 7.59. The van der Waals surface area contributed by atoms with Crippen LogP contribution >= 0.6 is 0 Å². The second-order valence-corrected chi connectivity index (χ2v) is 6.98. The molecule has 4 nitrogen and oxygen atoms in total. The fraction of sp³-hybridized carbons (Fsp3) is 1.00. The van der Waals surface area contributed by atoms with Gasteiger partial charge in [0.15, 0.2) is 0 Å². The van der Waals surface area contributed by atoms with Crippen LogP contribution in [0, 0.1) is 5.92 Å². The predicted molar refractivity (Wildman–Crippen MR) is 64.8 cm³/mol. The minimum Gasteiger partial charge on any atom is -0.317 e. The third-order valence-electron chi connectivity index (χ3n) is 3.63. The van der Waals surface area contributed by atoms with Gasteiger partial charge in [0, 0.05) is 12.1 Å². The molecule has 0 saturated heterocycles. The van der Waals surface area contributed by atoms with Crippen LogP contribution in [0.2, 0.25) is 0 Å². The van der Waals surface area contributed by atoms with Crippen LogP contribution in [0.1, 0.15) is 38.5 Å². The molecule has 2 saturated carbocycles. The van der Waals surface area contributed by atoms with E-state index in [0.29, 0.717) is 17.7 Å². The van der Waals surface area contributed by atoms with E-state index in [9.17, 15) is 8.42 Å². The quantitative estimate of drug-likeness (QED) is 0.756. The summed E-state index contributed by atoms with van der Waals surface area (Å²) < 4.78 is 26.4. The van der Waals surface area contributed by atoms with Gasteiger partial charge in [-0.05, 0) is 51.5 Å². The summed E-state index contributed by atoms with van der Waals surface area (Å²) in [4.78, 5) is 0. The van der Waals surface area contributed by atoms with Crippen molar-refractivity contribution in [1.29, 1.82) is 0 Å². The van der Waals surface area contributed by atoms with Crippen molar-refractivity contribution in [2.75, 3.05) is 12.8 Å². The number of hydrogen-bond donors (Lipinski definition) is 2. The standard InChI is InChI=1S/C11H22N2O2S/c1-12-10-4-6-11(7-5-10)13-16(14,15)8-9-2-3-9/h9-13H,2-8H2,1H3. The molecule has 2 N–H and O–H groups in total. The molecular weight excluding hydrogens is 224 g/mol. The Morgan fingerprint density at radius 3 is 2.06 bits per heavy atom. The van der Waals surface area contributed by atoms with Gasteiger partial charge in [0.25, 0.3) is 0 Å². The zero-order valence-corrected chi connectivity index (χ0v) is 10.7. The summed E-state index contributed by atoms with van der Waals surface area (Å²) in [6.45, 7) is 0. The second-order valence-electron chi connectivity index (χ2n) is 5.18. The fourth-order valence-electron chi connectivity index (χ4n) is 2.40. The Morgan fingerprint density at radius 2 is 1.56 bits per heavy atom. The molecule has 5 heteroatoms. The van der Waals surface area contributed by atoms with Crippen molar-refractivity contribution < 1.29 is 8.42 Å². The maximum absolute atomic E-state index is 11.8. The fourth-order valence-corrected chi connectivity index (χ4v) is 4.19. The zero-order chi connectivity index (χ0) is 11.6. The average Bonchev–Trinajstić information content (AvgIpc) is 3.01. The largest absolute Gasteiger partial charge is 0.317 e. The first kappa shape index (κ1) is 12.3. The second kappa shape index (κ2) is 5.02. The molecule has 0 aromatic rings. The van der Waals surface area contributed by atoms with Gasteiger partial charge in [-0.3, -0.25) is 0 Å². The summed E-state index contributed by atoms with van der Waals surface area (Å²) in [6, 6.07) is 0.748. The molecule has 0 amide bonds. The van der Waals surface area contributed by atoms with Crippen molar-refractivity contribution in [3.05, 3.63) is 0 Å². The number of sulfonamides is 1. The topological polar surface area (TPSA) is 58.2 Å². The van der Waals surface area contributed by atoms with Crippen molar-refractivity contribution >= 4 is 10.0 Å². The normalized spacial score (nSPS) is 31.6. The lowest BCUT2D eigenvalue weighted by Crippen LogP contribution is -2.42. The van der Waals surface area contributed by atoms with Crippen LogP contribution in [0.4, 0.5) is 0 Å². The minimum atomic E-state index is -3.01. The first-order valence-electron chi connectivity index (χ1n) is 6.26. The lowest BCUT2D eigenvalue weighted by molar-refractivity contribution is 0.342. The van der Waals surface area contributed by atoms with Crippen LogP contribution in [-0.4, -0.2) is 33.3 Å². The Kier molecular flexibility index (Phi) is 3.87. The van der Waals surface area contributed by atoms with E-state index < -0.39 is 10.0 Å². The van der Waals surface area contributed by atoms with Gasteiger partial charge in [0.1, 0.15) is 0 Å². The molecule has 0 heterocycles. The Labute approximate surface area is 98.2 Å². The van der Waals surface area contributed by atoms with E-state index in [0.717, 1.165) is 38.5 Å². The van der Waals surface area contributed by atoms with Crippen molar-refractivity contribution in [3.8, 4) is 0 Å². The molecule has 2 aliphatic carbocycles. The maximum Gasteiger partial charge on any atom is 0.212 e. The van der Waals surface area contributed by atoms with Gasteiger partial charge in [-0.1, -0.05) is 0 Å². The van der Waals surface area contributed by atoms with Crippen LogP contribution in [0.15, 0.2) is 0 Å². The van der Waals surface area contributed by atoms with E-state index in [4.69, 9.17) is 0 Å². The molecule has 0 aromatic carbocycles. The van der Waals surface area contributed by atoms with Crippen LogP contribution in [0.3, 0.4) is 0 Å². The van der Waals surface area contributed by atoms with Crippen LogP contribution in [0.5, 0.6) is 0 Å². The monoisotopic (exact) mass is 246 g/mol. The third kappa shape index (κ3) is 3.71. The summed E-state index contributed by atoms with van der Waals surface area (Å²) >= 11 is 0. The highest BCUT2D eigenvalue weighted by molar-refractivity contribution is 7.89. The molecule has 0 bridgehead atoms. The zero-order valence-electron chi connectivity index (χ0n) is 9.91. The molecule has 0 aliphatic heterocycles. The van der Waals surface area contributed by atoms with Crippen LogP contribution < -0.4 is 10.0 Å². The van der Waals surface area contributed by atoms with Gasteiger partial charge in [-0.25, -0.2) is 13.1 Å². The highest BCUT2D eigenvalue weighted by atomic mass is 32.2. The molecule has 0 radical (unpaired) electrons. The molecule has 0 unspecified atom stereocenters. The summed E-state index contributed by atoms with van der Waals surface area (Å²) in [6.07, 6.45) is 6.27. The Hall–Kier alpha value is -0.130. The van der Waals surface area contributed by atoms with Gasteiger partial charge < -0.3 is 5.32 Å². The van der Waals surface area contributed by atoms with Gasteiger partial charge in [-0.2, -0.15) is 0 Å². The van der Waals surface area contributed by atoms with E-state index in [1.165, 1.54) is 0 Å². The van der Waals surface area contributed by atoms with Gasteiger partial charge in [0.05, 0.1) is 5.75 Å². The maximum atomic E-state index is 11.8. The molecule has 0 aromatic heterocycles. The number of nitrogens with one attached hydrogen (secondary N) is 2. The van der Waals surface area contributed by atoms with E-state index in [2.05, 4.69) is 10.0 Å². The van der Waals surface area contributed by atoms with Crippen molar-refractivity contribution in [2.24, 2.45) is 5.92 Å². The summed E-state index contributed by atoms with van der Waals surface area (Å²) in [5.41, 5.74) is 0. The number of rotatable bonds is 5. The van der Waals surface area contributed by atoms with Crippen molar-refractivity contribution in [1.82, 2.24) is 10.0 Å². The molecular formula is C11H22N2O2S. The van der Waals surface area contributed by atoms with E-state index >= 15 is 0 Å². The molecule has 16 heavy (non-hydrogen) atoms. The molecule has 0 spiro atoms. The molecule has 0 atom stereocenters. The lowest BCUT2D eigenvalue weighted by atomic mass is 9.92. The highest BCUT2D eigenvalue weighted by Crippen LogP contribution is 2.30. The summed E-state index contributed by atoms with van der Waals surface area (Å²) in [7, 11) is -1.04. The van der Waals surface area contributed by atoms with E-state index in [1.807, 2.05) is 7.05 Å². The summed E-state index contributed by atoms with van der Waals surface area (Å²) in [5.74, 6) is 0.782. The van der Waals surface area contributed by atoms with Gasteiger partial charge >= 0.3 is 0 Å². The molecule has 2 fully saturated rings. The van der Waals surface area contributed by atoms with Gasteiger partial charge in [0.2, 0.25) is 10.0 Å².